The fourth-order valence-electron chi connectivity index (χ4n) is 6.35. The molecule has 7 aromatic carbocycles. The van der Waals surface area contributed by atoms with Crippen molar-refractivity contribution in [1.82, 2.24) is 0 Å². The predicted octanol–water partition coefficient (Wildman–Crippen LogP) is 11.3. The highest BCUT2D eigenvalue weighted by atomic mass is 16.3. The topological polar surface area (TPSA) is 29.5 Å². The molecular formula is C38H23NO2. The number of fused-ring (bicyclic) bond motifs is 9. The van der Waals surface area contributed by atoms with Crippen LogP contribution in [0.3, 0.4) is 0 Å². The summed E-state index contributed by atoms with van der Waals surface area (Å²) in [6.07, 6.45) is 0. The zero-order valence-electron chi connectivity index (χ0n) is 22.0. The molecule has 9 aromatic rings. The summed E-state index contributed by atoms with van der Waals surface area (Å²) in [5.74, 6) is 0. The van der Waals surface area contributed by atoms with E-state index in [-0.39, 0.29) is 0 Å². The molecule has 0 aliphatic heterocycles. The van der Waals surface area contributed by atoms with Crippen molar-refractivity contribution >= 4 is 82.5 Å². The second-order valence-corrected chi connectivity index (χ2v) is 10.6. The molecule has 0 fully saturated rings. The van der Waals surface area contributed by atoms with Gasteiger partial charge in [-0.2, -0.15) is 0 Å². The third-order valence-corrected chi connectivity index (χ3v) is 8.23. The molecule has 41 heavy (non-hydrogen) atoms. The van der Waals surface area contributed by atoms with Crippen LogP contribution in [0.15, 0.2) is 148 Å². The molecular weight excluding hydrogens is 502 g/mol. The zero-order valence-corrected chi connectivity index (χ0v) is 22.0. The first-order valence-electron chi connectivity index (χ1n) is 13.9. The van der Waals surface area contributed by atoms with Gasteiger partial charge in [-0.1, -0.05) is 78.9 Å². The van der Waals surface area contributed by atoms with Crippen LogP contribution in [0.1, 0.15) is 0 Å². The third-order valence-electron chi connectivity index (χ3n) is 8.23. The highest BCUT2D eigenvalue weighted by Gasteiger charge is 2.18. The zero-order chi connectivity index (χ0) is 26.9. The Morgan fingerprint density at radius 2 is 1.00 bits per heavy atom. The van der Waals surface area contributed by atoms with Gasteiger partial charge in [0.05, 0.1) is 5.69 Å². The third kappa shape index (κ3) is 3.33. The van der Waals surface area contributed by atoms with Crippen molar-refractivity contribution in [3.05, 3.63) is 140 Å². The van der Waals surface area contributed by atoms with Crippen molar-refractivity contribution in [3.8, 4) is 0 Å². The van der Waals surface area contributed by atoms with Gasteiger partial charge in [-0.3, -0.25) is 0 Å². The largest absolute Gasteiger partial charge is 0.456 e. The number of anilines is 3. The summed E-state index contributed by atoms with van der Waals surface area (Å²) in [6.45, 7) is 0. The van der Waals surface area contributed by atoms with Gasteiger partial charge in [0.2, 0.25) is 0 Å². The molecule has 2 heterocycles. The van der Waals surface area contributed by atoms with Crippen LogP contribution in [0.5, 0.6) is 0 Å². The Kier molecular flexibility index (Phi) is 4.61. The van der Waals surface area contributed by atoms with Crippen molar-refractivity contribution in [2.75, 3.05) is 4.90 Å². The van der Waals surface area contributed by atoms with E-state index in [2.05, 4.69) is 120 Å². The lowest BCUT2D eigenvalue weighted by Gasteiger charge is -2.27. The number of hydrogen-bond donors (Lipinski definition) is 0. The lowest BCUT2D eigenvalue weighted by molar-refractivity contribution is 0.669. The van der Waals surface area contributed by atoms with E-state index in [1.165, 1.54) is 21.5 Å². The van der Waals surface area contributed by atoms with Gasteiger partial charge >= 0.3 is 0 Å². The van der Waals surface area contributed by atoms with E-state index in [0.29, 0.717) is 0 Å². The molecule has 0 spiro atoms. The SMILES string of the molecule is c1ccc(N(c2ccc3oc4ccccc4c3c2)c2cccc3c2ccc2cc4c(cc23)oc2ccccc24)cc1. The van der Waals surface area contributed by atoms with Crippen LogP contribution in [-0.2, 0) is 0 Å². The Balaban J connectivity index is 1.31. The average molecular weight is 526 g/mol. The van der Waals surface area contributed by atoms with Gasteiger partial charge in [0.1, 0.15) is 22.3 Å². The molecule has 0 N–H and O–H groups in total. The molecule has 0 atom stereocenters. The van der Waals surface area contributed by atoms with Crippen LogP contribution in [0.4, 0.5) is 17.1 Å². The van der Waals surface area contributed by atoms with Crippen molar-refractivity contribution in [3.63, 3.8) is 0 Å². The molecule has 192 valence electrons. The fourth-order valence-corrected chi connectivity index (χ4v) is 6.35. The van der Waals surface area contributed by atoms with Crippen LogP contribution >= 0.6 is 0 Å². The number of benzene rings is 7. The van der Waals surface area contributed by atoms with Crippen molar-refractivity contribution < 1.29 is 8.83 Å². The number of hydrogen-bond acceptors (Lipinski definition) is 3. The molecule has 3 nitrogen and oxygen atoms in total. The molecule has 0 aliphatic rings. The second-order valence-electron chi connectivity index (χ2n) is 10.6. The normalized spacial score (nSPS) is 11.9. The maximum atomic E-state index is 6.27. The summed E-state index contributed by atoms with van der Waals surface area (Å²) in [5, 5.41) is 9.28. The van der Waals surface area contributed by atoms with E-state index in [1.54, 1.807) is 0 Å². The highest BCUT2D eigenvalue weighted by Crippen LogP contribution is 2.43. The van der Waals surface area contributed by atoms with Crippen molar-refractivity contribution in [2.24, 2.45) is 0 Å². The smallest absolute Gasteiger partial charge is 0.136 e. The van der Waals surface area contributed by atoms with Gasteiger partial charge in [-0.05, 0) is 76.8 Å². The second kappa shape index (κ2) is 8.48. The summed E-state index contributed by atoms with van der Waals surface area (Å²) < 4.78 is 12.4. The summed E-state index contributed by atoms with van der Waals surface area (Å²) in [6, 6.07) is 49.0. The van der Waals surface area contributed by atoms with Crippen LogP contribution in [-0.4, -0.2) is 0 Å². The average Bonchev–Trinajstić information content (AvgIpc) is 3.58. The monoisotopic (exact) mass is 525 g/mol. The maximum absolute atomic E-state index is 6.27. The fraction of sp³-hybridized carbons (Fsp3) is 0. The maximum Gasteiger partial charge on any atom is 0.136 e. The minimum absolute atomic E-state index is 0.890. The van der Waals surface area contributed by atoms with E-state index in [4.69, 9.17) is 8.83 Å². The van der Waals surface area contributed by atoms with Gasteiger partial charge in [0.25, 0.3) is 0 Å². The Bertz CT molecular complexity index is 2430. The molecule has 0 radical (unpaired) electrons. The standard InChI is InChI=1S/C38H23NO2/c1-2-9-25(10-3-1)39(26-18-20-37-33(22-26)30-12-5-6-15-35(30)40-37)34-14-8-13-27-28(34)19-17-24-21-32-29-11-4-7-16-36(29)41-38(32)23-31(24)27/h1-23H. The van der Waals surface area contributed by atoms with Gasteiger partial charge in [-0.15, -0.1) is 0 Å². The first-order chi connectivity index (χ1) is 20.3. The Morgan fingerprint density at radius 3 is 1.80 bits per heavy atom. The molecule has 0 saturated carbocycles. The highest BCUT2D eigenvalue weighted by molar-refractivity contribution is 6.18. The molecule has 0 aliphatic carbocycles. The molecule has 0 amide bonds. The Morgan fingerprint density at radius 1 is 0.341 bits per heavy atom. The van der Waals surface area contributed by atoms with Gasteiger partial charge < -0.3 is 13.7 Å². The van der Waals surface area contributed by atoms with Crippen LogP contribution in [0.25, 0.3) is 65.4 Å². The number of para-hydroxylation sites is 3. The lowest BCUT2D eigenvalue weighted by Crippen LogP contribution is -2.10. The van der Waals surface area contributed by atoms with E-state index < -0.39 is 0 Å². The van der Waals surface area contributed by atoms with Crippen LogP contribution in [0.2, 0.25) is 0 Å². The van der Waals surface area contributed by atoms with Crippen LogP contribution in [0, 0.1) is 0 Å². The Labute approximate surface area is 235 Å². The summed E-state index contributed by atoms with van der Waals surface area (Å²) in [4.78, 5) is 2.34. The molecule has 0 bridgehead atoms. The Hall–Kier alpha value is -5.54. The predicted molar refractivity (Wildman–Crippen MR) is 171 cm³/mol. The number of rotatable bonds is 3. The minimum atomic E-state index is 0.890. The van der Waals surface area contributed by atoms with Crippen molar-refractivity contribution in [2.45, 2.75) is 0 Å². The van der Waals surface area contributed by atoms with E-state index >= 15 is 0 Å². The number of furan rings is 2. The molecule has 9 rings (SSSR count). The minimum Gasteiger partial charge on any atom is -0.456 e. The summed E-state index contributed by atoms with van der Waals surface area (Å²) in [7, 11) is 0. The van der Waals surface area contributed by atoms with E-state index in [0.717, 1.165) is 60.9 Å². The number of nitrogens with zero attached hydrogens (tertiary/aromatic N) is 1. The lowest BCUT2D eigenvalue weighted by atomic mass is 9.98. The summed E-state index contributed by atoms with van der Waals surface area (Å²) in [5.41, 5.74) is 6.92. The summed E-state index contributed by atoms with van der Waals surface area (Å²) >= 11 is 0. The van der Waals surface area contributed by atoms with Gasteiger partial charge in [0, 0.05) is 38.3 Å². The van der Waals surface area contributed by atoms with Crippen LogP contribution < -0.4 is 4.90 Å². The first-order valence-corrected chi connectivity index (χ1v) is 13.9. The van der Waals surface area contributed by atoms with Gasteiger partial charge in [0.15, 0.2) is 0 Å². The molecule has 0 unspecified atom stereocenters. The quantitative estimate of drug-likeness (QED) is 0.215. The van der Waals surface area contributed by atoms with E-state index in [9.17, 15) is 0 Å². The van der Waals surface area contributed by atoms with Gasteiger partial charge in [-0.25, -0.2) is 0 Å². The van der Waals surface area contributed by atoms with Crippen molar-refractivity contribution in [1.29, 1.82) is 0 Å². The molecule has 0 saturated heterocycles. The molecule has 2 aromatic heterocycles. The van der Waals surface area contributed by atoms with E-state index in [1.807, 2.05) is 24.3 Å². The first kappa shape index (κ1) is 22.3. The molecule has 3 heteroatoms.